The maximum Gasteiger partial charge on any atom is 0.125 e. The Labute approximate surface area is 101 Å². The number of nitrogens with two attached hydrogens (primary N) is 1. The van der Waals surface area contributed by atoms with Crippen molar-refractivity contribution >= 4 is 11.4 Å². The Kier molecular flexibility index (Phi) is 3.52. The first-order valence-corrected chi connectivity index (χ1v) is 5.94. The molecule has 2 unspecified atom stereocenters. The minimum atomic E-state index is -0.292. The topological polar surface area (TPSA) is 38.5 Å². The van der Waals surface area contributed by atoms with Gasteiger partial charge in [-0.2, -0.15) is 0 Å². The molecule has 1 saturated heterocycles. The number of halogens is 1. The molecule has 1 aromatic rings. The molecule has 1 heterocycles. The van der Waals surface area contributed by atoms with Crippen LogP contribution in [0.5, 0.6) is 0 Å². The Balaban J connectivity index is 2.17. The molecule has 2 atom stereocenters. The fourth-order valence-corrected chi connectivity index (χ4v) is 2.37. The molecule has 0 bridgehead atoms. The monoisotopic (exact) mass is 238 g/mol. The van der Waals surface area contributed by atoms with Gasteiger partial charge in [-0.15, -0.1) is 0 Å². The summed E-state index contributed by atoms with van der Waals surface area (Å²) in [5, 5.41) is 0. The summed E-state index contributed by atoms with van der Waals surface area (Å²) in [6.45, 7) is 3.95. The highest BCUT2D eigenvalue weighted by Gasteiger charge is 2.26. The van der Waals surface area contributed by atoms with Crippen LogP contribution >= 0.6 is 0 Å². The van der Waals surface area contributed by atoms with E-state index < -0.39 is 0 Å². The van der Waals surface area contributed by atoms with Gasteiger partial charge in [-0.05, 0) is 30.5 Å². The molecule has 0 saturated carbocycles. The molecule has 17 heavy (non-hydrogen) atoms. The second-order valence-corrected chi connectivity index (χ2v) is 4.69. The minimum absolute atomic E-state index is 0.216. The number of hydrogen-bond acceptors (Lipinski definition) is 3. The van der Waals surface area contributed by atoms with Crippen LogP contribution in [0.25, 0.3) is 0 Å². The molecule has 0 aliphatic carbocycles. The minimum Gasteiger partial charge on any atom is -0.397 e. The third-order valence-corrected chi connectivity index (χ3v) is 3.52. The number of rotatable bonds is 2. The Morgan fingerprint density at radius 3 is 2.88 bits per heavy atom. The van der Waals surface area contributed by atoms with Crippen molar-refractivity contribution in [3.63, 3.8) is 0 Å². The van der Waals surface area contributed by atoms with E-state index in [2.05, 4.69) is 11.8 Å². The Morgan fingerprint density at radius 2 is 2.24 bits per heavy atom. The normalized spacial score (nSPS) is 25.0. The van der Waals surface area contributed by atoms with Crippen LogP contribution in [0.1, 0.15) is 13.3 Å². The van der Waals surface area contributed by atoms with E-state index in [1.807, 2.05) is 0 Å². The number of ether oxygens (including phenoxy) is 1. The van der Waals surface area contributed by atoms with Gasteiger partial charge in [-0.25, -0.2) is 4.39 Å². The third-order valence-electron chi connectivity index (χ3n) is 3.52. The fraction of sp³-hybridized carbons (Fsp3) is 0.538. The average Bonchev–Trinajstić information content (AvgIpc) is 2.30. The highest BCUT2D eigenvalue weighted by atomic mass is 19.1. The van der Waals surface area contributed by atoms with Crippen molar-refractivity contribution in [2.75, 3.05) is 30.8 Å². The lowest BCUT2D eigenvalue weighted by Gasteiger charge is -2.38. The first-order chi connectivity index (χ1) is 8.11. The molecule has 0 spiro atoms. The van der Waals surface area contributed by atoms with Gasteiger partial charge in [-0.3, -0.25) is 0 Å². The summed E-state index contributed by atoms with van der Waals surface area (Å²) in [7, 11) is 1.73. The predicted octanol–water partition coefficient (Wildman–Crippen LogP) is 2.27. The molecule has 1 aliphatic heterocycles. The van der Waals surface area contributed by atoms with Crippen molar-refractivity contribution in [1.29, 1.82) is 0 Å². The average molecular weight is 238 g/mol. The Hall–Kier alpha value is -1.29. The van der Waals surface area contributed by atoms with E-state index in [0.29, 0.717) is 11.6 Å². The van der Waals surface area contributed by atoms with Crippen LogP contribution < -0.4 is 10.6 Å². The lowest BCUT2D eigenvalue weighted by atomic mass is 9.95. The lowest BCUT2D eigenvalue weighted by Crippen LogP contribution is -2.44. The van der Waals surface area contributed by atoms with Crippen molar-refractivity contribution in [2.24, 2.45) is 5.92 Å². The van der Waals surface area contributed by atoms with Crippen LogP contribution in [0.2, 0.25) is 0 Å². The number of benzene rings is 1. The maximum atomic E-state index is 13.0. The van der Waals surface area contributed by atoms with Gasteiger partial charge in [0.2, 0.25) is 0 Å². The molecule has 2 N–H and O–H groups in total. The van der Waals surface area contributed by atoms with Crippen molar-refractivity contribution in [1.82, 2.24) is 0 Å². The number of anilines is 2. The summed E-state index contributed by atoms with van der Waals surface area (Å²) in [6.07, 6.45) is 1.28. The van der Waals surface area contributed by atoms with Gasteiger partial charge >= 0.3 is 0 Å². The van der Waals surface area contributed by atoms with Crippen LogP contribution in [0.3, 0.4) is 0 Å². The van der Waals surface area contributed by atoms with E-state index in [4.69, 9.17) is 10.5 Å². The molecule has 94 valence electrons. The summed E-state index contributed by atoms with van der Waals surface area (Å²) < 4.78 is 18.5. The van der Waals surface area contributed by atoms with E-state index in [9.17, 15) is 4.39 Å². The highest BCUT2D eigenvalue weighted by Crippen LogP contribution is 2.29. The second-order valence-electron chi connectivity index (χ2n) is 4.69. The van der Waals surface area contributed by atoms with Crippen LogP contribution in [-0.2, 0) is 4.74 Å². The summed E-state index contributed by atoms with van der Waals surface area (Å²) >= 11 is 0. The molecule has 1 aromatic carbocycles. The molecule has 1 aliphatic rings. The first-order valence-electron chi connectivity index (χ1n) is 5.94. The third kappa shape index (κ3) is 2.52. The Morgan fingerprint density at radius 1 is 1.47 bits per heavy atom. The zero-order valence-electron chi connectivity index (χ0n) is 10.3. The van der Waals surface area contributed by atoms with Gasteiger partial charge in [0.05, 0.1) is 17.5 Å². The quantitative estimate of drug-likeness (QED) is 0.803. The molecule has 4 heteroatoms. The van der Waals surface area contributed by atoms with E-state index in [-0.39, 0.29) is 11.9 Å². The van der Waals surface area contributed by atoms with Crippen molar-refractivity contribution in [3.8, 4) is 0 Å². The highest BCUT2D eigenvalue weighted by molar-refractivity contribution is 5.67. The number of nitrogen functional groups attached to an aromatic ring is 1. The van der Waals surface area contributed by atoms with Gasteiger partial charge in [-0.1, -0.05) is 6.92 Å². The summed E-state index contributed by atoms with van der Waals surface area (Å²) in [4.78, 5) is 2.17. The molecular formula is C13H19FN2O. The van der Waals surface area contributed by atoms with Crippen LogP contribution in [-0.4, -0.2) is 26.3 Å². The molecule has 0 radical (unpaired) electrons. The van der Waals surface area contributed by atoms with E-state index >= 15 is 0 Å². The fourth-order valence-electron chi connectivity index (χ4n) is 2.37. The van der Waals surface area contributed by atoms with Crippen LogP contribution in [0.15, 0.2) is 18.2 Å². The molecule has 0 amide bonds. The molecule has 1 fully saturated rings. The molecule has 0 aromatic heterocycles. The van der Waals surface area contributed by atoms with Gasteiger partial charge in [0.15, 0.2) is 0 Å². The summed E-state index contributed by atoms with van der Waals surface area (Å²) in [5.74, 6) is 0.262. The number of nitrogens with zero attached hydrogens (tertiary/aromatic N) is 1. The van der Waals surface area contributed by atoms with Gasteiger partial charge in [0.25, 0.3) is 0 Å². The van der Waals surface area contributed by atoms with Crippen LogP contribution in [0, 0.1) is 11.7 Å². The number of hydrogen-bond donors (Lipinski definition) is 1. The zero-order valence-corrected chi connectivity index (χ0v) is 10.3. The SMILES string of the molecule is COC1CN(c2ccc(F)cc2N)CCC1C. The number of piperidine rings is 1. The summed E-state index contributed by atoms with van der Waals surface area (Å²) in [5.41, 5.74) is 7.25. The Bertz CT molecular complexity index is 397. The second kappa shape index (κ2) is 4.92. The number of methoxy groups -OCH3 is 1. The summed E-state index contributed by atoms with van der Waals surface area (Å²) in [6, 6.07) is 4.56. The predicted molar refractivity (Wildman–Crippen MR) is 67.6 cm³/mol. The molecular weight excluding hydrogens is 219 g/mol. The van der Waals surface area contributed by atoms with Gasteiger partial charge < -0.3 is 15.4 Å². The largest absolute Gasteiger partial charge is 0.397 e. The standard InChI is InChI=1S/C13H19FN2O/c1-9-5-6-16(8-13(9)17-2)12-4-3-10(14)7-11(12)15/h3-4,7,9,13H,5-6,8,15H2,1-2H3. The van der Waals surface area contributed by atoms with Crippen molar-refractivity contribution < 1.29 is 9.13 Å². The first kappa shape index (κ1) is 12.2. The van der Waals surface area contributed by atoms with E-state index in [0.717, 1.165) is 25.2 Å². The van der Waals surface area contributed by atoms with Gasteiger partial charge in [0.1, 0.15) is 5.82 Å². The zero-order chi connectivity index (χ0) is 12.4. The molecule has 3 nitrogen and oxygen atoms in total. The van der Waals surface area contributed by atoms with Crippen LogP contribution in [0.4, 0.5) is 15.8 Å². The lowest BCUT2D eigenvalue weighted by molar-refractivity contribution is 0.0499. The van der Waals surface area contributed by atoms with Crippen molar-refractivity contribution in [3.05, 3.63) is 24.0 Å². The van der Waals surface area contributed by atoms with E-state index in [1.165, 1.54) is 12.1 Å². The smallest absolute Gasteiger partial charge is 0.125 e. The van der Waals surface area contributed by atoms with Gasteiger partial charge in [0, 0.05) is 20.2 Å². The maximum absolute atomic E-state index is 13.0. The van der Waals surface area contributed by atoms with E-state index in [1.54, 1.807) is 13.2 Å². The molecule has 2 rings (SSSR count). The van der Waals surface area contributed by atoms with Crippen molar-refractivity contribution in [2.45, 2.75) is 19.4 Å².